The van der Waals surface area contributed by atoms with Crippen molar-refractivity contribution >= 4 is 17.4 Å². The Bertz CT molecular complexity index is 380. The summed E-state index contributed by atoms with van der Waals surface area (Å²) in [5.74, 6) is 1.38. The van der Waals surface area contributed by atoms with Crippen LogP contribution >= 0.6 is 11.6 Å². The van der Waals surface area contributed by atoms with Crippen LogP contribution in [0.3, 0.4) is 0 Å². The van der Waals surface area contributed by atoms with E-state index in [0.29, 0.717) is 17.0 Å². The van der Waals surface area contributed by atoms with Gasteiger partial charge in [0.05, 0.1) is 13.3 Å². The van der Waals surface area contributed by atoms with Crippen LogP contribution in [-0.2, 0) is 0 Å². The van der Waals surface area contributed by atoms with Gasteiger partial charge >= 0.3 is 6.01 Å². The van der Waals surface area contributed by atoms with Crippen LogP contribution in [0.5, 0.6) is 6.01 Å². The molecule has 94 valence electrons. The average molecular weight is 257 g/mol. The number of piperidine rings is 1. The molecular formula is C11H17ClN4O. The standard InChI is InChI=1S/C11H17ClN4O/c1-17-11-14-7-9(12)10(15-11)16-4-2-8(6-13)3-5-16/h7-8H,2-6,13H2,1H3. The molecule has 0 unspecified atom stereocenters. The van der Waals surface area contributed by atoms with E-state index in [0.717, 1.165) is 38.3 Å². The largest absolute Gasteiger partial charge is 0.467 e. The maximum absolute atomic E-state index is 6.11. The number of hydrogen-bond donors (Lipinski definition) is 1. The number of ether oxygens (including phenoxy) is 1. The van der Waals surface area contributed by atoms with Crippen molar-refractivity contribution in [2.75, 3.05) is 31.6 Å². The fourth-order valence-corrected chi connectivity index (χ4v) is 2.25. The summed E-state index contributed by atoms with van der Waals surface area (Å²) in [6.45, 7) is 2.62. The predicted octanol–water partition coefficient (Wildman–Crippen LogP) is 1.31. The number of hydrogen-bond acceptors (Lipinski definition) is 5. The van der Waals surface area contributed by atoms with Gasteiger partial charge in [0, 0.05) is 13.1 Å². The highest BCUT2D eigenvalue weighted by Gasteiger charge is 2.21. The molecule has 1 aliphatic rings. The molecule has 1 aromatic rings. The molecule has 6 heteroatoms. The molecule has 2 N–H and O–H groups in total. The van der Waals surface area contributed by atoms with E-state index in [2.05, 4.69) is 14.9 Å². The van der Waals surface area contributed by atoms with Gasteiger partial charge in [-0.05, 0) is 25.3 Å². The first kappa shape index (κ1) is 12.4. The van der Waals surface area contributed by atoms with Gasteiger partial charge in [0.25, 0.3) is 0 Å². The Morgan fingerprint density at radius 1 is 1.53 bits per heavy atom. The Balaban J connectivity index is 2.12. The molecule has 1 fully saturated rings. The predicted molar refractivity (Wildman–Crippen MR) is 67.6 cm³/mol. The zero-order valence-corrected chi connectivity index (χ0v) is 10.7. The summed E-state index contributed by atoms with van der Waals surface area (Å²) in [6.07, 6.45) is 3.75. The second kappa shape index (κ2) is 5.51. The SMILES string of the molecule is COc1ncc(Cl)c(N2CCC(CN)CC2)n1. The van der Waals surface area contributed by atoms with E-state index in [-0.39, 0.29) is 0 Å². The van der Waals surface area contributed by atoms with E-state index >= 15 is 0 Å². The Morgan fingerprint density at radius 3 is 2.82 bits per heavy atom. The van der Waals surface area contributed by atoms with Crippen LogP contribution in [-0.4, -0.2) is 36.7 Å². The van der Waals surface area contributed by atoms with Crippen LogP contribution in [0.4, 0.5) is 5.82 Å². The number of nitrogens with two attached hydrogens (primary N) is 1. The van der Waals surface area contributed by atoms with Gasteiger partial charge in [-0.2, -0.15) is 4.98 Å². The van der Waals surface area contributed by atoms with Crippen LogP contribution in [0.25, 0.3) is 0 Å². The Morgan fingerprint density at radius 2 is 2.24 bits per heavy atom. The molecule has 1 aliphatic heterocycles. The molecule has 0 spiro atoms. The zero-order chi connectivity index (χ0) is 12.3. The van der Waals surface area contributed by atoms with Crippen molar-refractivity contribution in [3.05, 3.63) is 11.2 Å². The van der Waals surface area contributed by atoms with Crippen molar-refractivity contribution in [3.8, 4) is 6.01 Å². The average Bonchev–Trinajstić information content (AvgIpc) is 2.39. The molecule has 0 atom stereocenters. The third-order valence-corrected chi connectivity index (χ3v) is 3.40. The Hall–Kier alpha value is -1.07. The normalized spacial score (nSPS) is 17.2. The van der Waals surface area contributed by atoms with E-state index < -0.39 is 0 Å². The second-order valence-electron chi connectivity index (χ2n) is 4.19. The van der Waals surface area contributed by atoms with Crippen LogP contribution < -0.4 is 15.4 Å². The molecule has 0 aliphatic carbocycles. The topological polar surface area (TPSA) is 64.3 Å². The molecule has 5 nitrogen and oxygen atoms in total. The maximum Gasteiger partial charge on any atom is 0.318 e. The highest BCUT2D eigenvalue weighted by atomic mass is 35.5. The first-order valence-corrected chi connectivity index (χ1v) is 6.14. The summed E-state index contributed by atoms with van der Waals surface area (Å²) < 4.78 is 5.02. The summed E-state index contributed by atoms with van der Waals surface area (Å²) >= 11 is 6.11. The maximum atomic E-state index is 6.11. The number of nitrogens with zero attached hydrogens (tertiary/aromatic N) is 3. The van der Waals surface area contributed by atoms with Gasteiger partial charge in [-0.3, -0.25) is 0 Å². The fourth-order valence-electron chi connectivity index (χ4n) is 2.04. The molecule has 1 saturated heterocycles. The lowest BCUT2D eigenvalue weighted by atomic mass is 9.97. The third kappa shape index (κ3) is 2.79. The van der Waals surface area contributed by atoms with Crippen LogP contribution in [0.2, 0.25) is 5.02 Å². The highest BCUT2D eigenvalue weighted by Crippen LogP contribution is 2.28. The van der Waals surface area contributed by atoms with Crippen molar-refractivity contribution in [2.24, 2.45) is 11.7 Å². The first-order valence-electron chi connectivity index (χ1n) is 5.76. The molecule has 0 aromatic carbocycles. The van der Waals surface area contributed by atoms with Crippen molar-refractivity contribution in [1.29, 1.82) is 0 Å². The van der Waals surface area contributed by atoms with E-state index in [1.54, 1.807) is 13.3 Å². The minimum Gasteiger partial charge on any atom is -0.467 e. The smallest absolute Gasteiger partial charge is 0.318 e. The quantitative estimate of drug-likeness (QED) is 0.884. The second-order valence-corrected chi connectivity index (χ2v) is 4.60. The minimum absolute atomic E-state index is 0.352. The van der Waals surface area contributed by atoms with Crippen molar-refractivity contribution in [2.45, 2.75) is 12.8 Å². The molecule has 2 heterocycles. The molecule has 2 rings (SSSR count). The van der Waals surface area contributed by atoms with Crippen molar-refractivity contribution < 1.29 is 4.74 Å². The van der Waals surface area contributed by atoms with Crippen molar-refractivity contribution in [3.63, 3.8) is 0 Å². The molecule has 17 heavy (non-hydrogen) atoms. The summed E-state index contributed by atoms with van der Waals surface area (Å²) in [7, 11) is 1.55. The van der Waals surface area contributed by atoms with Gasteiger partial charge in [0.2, 0.25) is 0 Å². The van der Waals surface area contributed by atoms with Gasteiger partial charge < -0.3 is 15.4 Å². The van der Waals surface area contributed by atoms with E-state index in [1.165, 1.54) is 0 Å². The van der Waals surface area contributed by atoms with E-state index in [9.17, 15) is 0 Å². The lowest BCUT2D eigenvalue weighted by Crippen LogP contribution is -2.36. The number of aromatic nitrogens is 2. The van der Waals surface area contributed by atoms with E-state index in [4.69, 9.17) is 22.1 Å². The van der Waals surface area contributed by atoms with Crippen LogP contribution in [0.1, 0.15) is 12.8 Å². The molecule has 0 saturated carbocycles. The van der Waals surface area contributed by atoms with Gasteiger partial charge in [-0.15, -0.1) is 0 Å². The number of rotatable bonds is 3. The summed E-state index contributed by atoms with van der Waals surface area (Å²) in [5.41, 5.74) is 5.67. The Kier molecular flexibility index (Phi) is 4.02. The molecule has 1 aromatic heterocycles. The third-order valence-electron chi connectivity index (χ3n) is 3.13. The van der Waals surface area contributed by atoms with Crippen LogP contribution in [0.15, 0.2) is 6.20 Å². The number of halogens is 1. The fraction of sp³-hybridized carbons (Fsp3) is 0.636. The summed E-state index contributed by atoms with van der Waals surface area (Å²) in [6, 6.07) is 0.352. The molecule has 0 bridgehead atoms. The zero-order valence-electron chi connectivity index (χ0n) is 9.90. The Labute approximate surface area is 106 Å². The highest BCUT2D eigenvalue weighted by molar-refractivity contribution is 6.32. The van der Waals surface area contributed by atoms with Gasteiger partial charge in [-0.25, -0.2) is 4.98 Å². The molecule has 0 radical (unpaired) electrons. The van der Waals surface area contributed by atoms with Gasteiger partial charge in [0.1, 0.15) is 5.02 Å². The number of anilines is 1. The molecular weight excluding hydrogens is 240 g/mol. The van der Waals surface area contributed by atoms with Gasteiger partial charge in [0.15, 0.2) is 5.82 Å². The lowest BCUT2D eigenvalue weighted by molar-refractivity contribution is 0.376. The van der Waals surface area contributed by atoms with Gasteiger partial charge in [-0.1, -0.05) is 11.6 Å². The van der Waals surface area contributed by atoms with Crippen molar-refractivity contribution in [1.82, 2.24) is 9.97 Å². The lowest BCUT2D eigenvalue weighted by Gasteiger charge is -2.32. The summed E-state index contributed by atoms with van der Waals surface area (Å²) in [5, 5.41) is 0.567. The minimum atomic E-state index is 0.352. The van der Waals surface area contributed by atoms with E-state index in [1.807, 2.05) is 0 Å². The first-order chi connectivity index (χ1) is 8.24. The number of methoxy groups -OCH3 is 1. The monoisotopic (exact) mass is 256 g/mol. The molecule has 0 amide bonds. The van der Waals surface area contributed by atoms with Crippen LogP contribution in [0, 0.1) is 5.92 Å². The summed E-state index contributed by atoms with van der Waals surface area (Å²) in [4.78, 5) is 10.4.